The molecule has 1 aliphatic heterocycles. The average Bonchev–Trinajstić information content (AvgIpc) is 3.32. The number of benzene rings is 1. The largest absolute Gasteiger partial charge is 0.473 e. The Morgan fingerprint density at radius 2 is 2.12 bits per heavy atom. The highest BCUT2D eigenvalue weighted by Crippen LogP contribution is 2.29. The van der Waals surface area contributed by atoms with Crippen LogP contribution in [0.3, 0.4) is 0 Å². The fourth-order valence-corrected chi connectivity index (χ4v) is 3.40. The standard InChI is InChI=1S/C23H22FN7O2/c1-5-17-21(28-19-7-6-15(25-4)12-18(19)24)26-13-27-22(17)32-16-8-10-31(11-9-16)23-29-20(14(2)3)30-33-23/h1,6-7,12-14,16H,8-11H2,2-3H3,(H,26,27,28). The van der Waals surface area contributed by atoms with Crippen molar-refractivity contribution < 1.29 is 13.7 Å². The lowest BCUT2D eigenvalue weighted by Gasteiger charge is -2.30. The highest BCUT2D eigenvalue weighted by molar-refractivity contribution is 5.67. The third-order valence-corrected chi connectivity index (χ3v) is 5.23. The van der Waals surface area contributed by atoms with E-state index in [1.54, 1.807) is 0 Å². The van der Waals surface area contributed by atoms with Gasteiger partial charge in [0, 0.05) is 31.8 Å². The highest BCUT2D eigenvalue weighted by atomic mass is 19.1. The summed E-state index contributed by atoms with van der Waals surface area (Å²) >= 11 is 0. The number of ether oxygens (including phenoxy) is 1. The Hall–Kier alpha value is -4.18. The van der Waals surface area contributed by atoms with Crippen LogP contribution in [0.15, 0.2) is 29.0 Å². The molecule has 0 bridgehead atoms. The molecule has 9 nitrogen and oxygen atoms in total. The molecule has 2 aromatic heterocycles. The molecule has 0 unspecified atom stereocenters. The molecule has 3 aromatic rings. The van der Waals surface area contributed by atoms with Gasteiger partial charge in [0.1, 0.15) is 23.8 Å². The zero-order valence-electron chi connectivity index (χ0n) is 18.2. The molecule has 10 heteroatoms. The number of hydrogen-bond donors (Lipinski definition) is 1. The van der Waals surface area contributed by atoms with Crippen LogP contribution in [0.25, 0.3) is 4.85 Å². The summed E-state index contributed by atoms with van der Waals surface area (Å²) < 4.78 is 25.8. The quantitative estimate of drug-likeness (QED) is 0.438. The number of nitrogens with zero attached hydrogens (tertiary/aromatic N) is 6. The second-order valence-electron chi connectivity index (χ2n) is 7.84. The van der Waals surface area contributed by atoms with E-state index >= 15 is 0 Å². The van der Waals surface area contributed by atoms with Crippen molar-refractivity contribution in [3.8, 4) is 18.2 Å². The molecule has 0 spiro atoms. The van der Waals surface area contributed by atoms with Crippen molar-refractivity contribution in [2.24, 2.45) is 0 Å². The Balaban J connectivity index is 1.44. The van der Waals surface area contributed by atoms with Crippen molar-refractivity contribution in [2.75, 3.05) is 23.3 Å². The molecule has 1 fully saturated rings. The summed E-state index contributed by atoms with van der Waals surface area (Å²) in [7, 11) is 0. The van der Waals surface area contributed by atoms with Crippen molar-refractivity contribution in [2.45, 2.75) is 38.7 Å². The van der Waals surface area contributed by atoms with E-state index in [4.69, 9.17) is 22.3 Å². The van der Waals surface area contributed by atoms with E-state index in [9.17, 15) is 4.39 Å². The van der Waals surface area contributed by atoms with E-state index in [-0.39, 0.29) is 35.1 Å². The molecular formula is C23H22FN7O2. The van der Waals surface area contributed by atoms with E-state index in [2.05, 4.69) is 36.2 Å². The summed E-state index contributed by atoms with van der Waals surface area (Å²) in [4.78, 5) is 18.0. The van der Waals surface area contributed by atoms with Crippen LogP contribution in [0.2, 0.25) is 0 Å². The molecule has 0 radical (unpaired) electrons. The fourth-order valence-electron chi connectivity index (χ4n) is 3.40. The lowest BCUT2D eigenvalue weighted by molar-refractivity contribution is 0.161. The predicted molar refractivity (Wildman–Crippen MR) is 120 cm³/mol. The SMILES string of the molecule is [C-]#[N+]c1ccc(Nc2ncnc(OC3CCN(c4nc(C(C)C)no4)CC3)c2C#C)c(F)c1. The van der Waals surface area contributed by atoms with Crippen LogP contribution in [0.5, 0.6) is 5.88 Å². The molecule has 168 valence electrons. The van der Waals surface area contributed by atoms with E-state index in [1.165, 1.54) is 18.5 Å². The first-order valence-corrected chi connectivity index (χ1v) is 10.5. The number of hydrogen-bond acceptors (Lipinski definition) is 8. The smallest absolute Gasteiger partial charge is 0.324 e. The minimum Gasteiger partial charge on any atom is -0.473 e. The minimum atomic E-state index is -0.582. The Morgan fingerprint density at radius 3 is 2.76 bits per heavy atom. The van der Waals surface area contributed by atoms with Gasteiger partial charge >= 0.3 is 6.01 Å². The normalized spacial score (nSPS) is 14.1. The number of aromatic nitrogens is 4. The minimum absolute atomic E-state index is 0.113. The molecule has 1 aliphatic rings. The predicted octanol–water partition coefficient (Wildman–Crippen LogP) is 4.45. The summed E-state index contributed by atoms with van der Waals surface area (Å²) in [6, 6.07) is 4.63. The van der Waals surface area contributed by atoms with E-state index < -0.39 is 5.82 Å². The van der Waals surface area contributed by atoms with Crippen LogP contribution in [0, 0.1) is 24.7 Å². The molecule has 4 rings (SSSR count). The molecule has 0 atom stereocenters. The molecule has 0 saturated carbocycles. The molecule has 0 amide bonds. The van der Waals surface area contributed by atoms with Gasteiger partial charge in [0.2, 0.25) is 5.88 Å². The molecule has 1 N–H and O–H groups in total. The summed E-state index contributed by atoms with van der Waals surface area (Å²) in [5, 5.41) is 6.89. The van der Waals surface area contributed by atoms with Gasteiger partial charge in [-0.1, -0.05) is 31.0 Å². The van der Waals surface area contributed by atoms with Crippen LogP contribution in [0.1, 0.15) is 44.0 Å². The maximum Gasteiger partial charge on any atom is 0.324 e. The monoisotopic (exact) mass is 447 g/mol. The Labute approximate surface area is 190 Å². The molecule has 0 aliphatic carbocycles. The summed E-state index contributed by atoms with van der Waals surface area (Å²) in [6.07, 6.45) is 8.32. The van der Waals surface area contributed by atoms with Gasteiger partial charge in [-0.3, -0.25) is 0 Å². The summed E-state index contributed by atoms with van der Waals surface area (Å²) in [6.45, 7) is 12.4. The van der Waals surface area contributed by atoms with Gasteiger partial charge in [-0.05, 0) is 12.1 Å². The van der Waals surface area contributed by atoms with Gasteiger partial charge in [0.25, 0.3) is 0 Å². The van der Waals surface area contributed by atoms with Crippen LogP contribution >= 0.6 is 0 Å². The van der Waals surface area contributed by atoms with Crippen molar-refractivity contribution in [1.82, 2.24) is 20.1 Å². The third-order valence-electron chi connectivity index (χ3n) is 5.23. The molecular weight excluding hydrogens is 425 g/mol. The first kappa shape index (κ1) is 22.0. The number of terminal acetylenes is 1. The number of halogens is 1. The summed E-state index contributed by atoms with van der Waals surface area (Å²) in [5.41, 5.74) is 0.651. The van der Waals surface area contributed by atoms with Crippen LogP contribution in [0.4, 0.5) is 27.6 Å². The van der Waals surface area contributed by atoms with E-state index in [1.807, 2.05) is 18.7 Å². The molecule has 3 heterocycles. The van der Waals surface area contributed by atoms with Crippen LogP contribution in [-0.2, 0) is 0 Å². The number of rotatable bonds is 6. The lowest BCUT2D eigenvalue weighted by atomic mass is 10.1. The third kappa shape index (κ3) is 4.85. The Kier molecular flexibility index (Phi) is 6.36. The van der Waals surface area contributed by atoms with E-state index in [0.717, 1.165) is 6.07 Å². The van der Waals surface area contributed by atoms with Crippen molar-refractivity contribution in [3.63, 3.8) is 0 Å². The highest BCUT2D eigenvalue weighted by Gasteiger charge is 2.26. The van der Waals surface area contributed by atoms with E-state index in [0.29, 0.717) is 43.3 Å². The second-order valence-corrected chi connectivity index (χ2v) is 7.84. The van der Waals surface area contributed by atoms with Crippen LogP contribution < -0.4 is 15.0 Å². The maximum atomic E-state index is 14.3. The molecule has 1 aromatic carbocycles. The van der Waals surface area contributed by atoms with Gasteiger partial charge < -0.3 is 19.5 Å². The zero-order chi connectivity index (χ0) is 23.4. The van der Waals surface area contributed by atoms with Crippen molar-refractivity contribution in [1.29, 1.82) is 0 Å². The number of nitrogens with one attached hydrogen (secondary N) is 1. The number of anilines is 3. The van der Waals surface area contributed by atoms with Gasteiger partial charge in [-0.15, -0.1) is 6.42 Å². The molecule has 33 heavy (non-hydrogen) atoms. The van der Waals surface area contributed by atoms with Gasteiger partial charge in [-0.25, -0.2) is 19.2 Å². The first-order valence-electron chi connectivity index (χ1n) is 10.5. The van der Waals surface area contributed by atoms with Crippen molar-refractivity contribution in [3.05, 3.63) is 53.1 Å². The summed E-state index contributed by atoms with van der Waals surface area (Å²) in [5.74, 6) is 3.35. The second kappa shape index (κ2) is 9.53. The van der Waals surface area contributed by atoms with Crippen molar-refractivity contribution >= 4 is 23.2 Å². The fraction of sp³-hybridized carbons (Fsp3) is 0.348. The van der Waals surface area contributed by atoms with Gasteiger partial charge in [0.15, 0.2) is 17.3 Å². The lowest BCUT2D eigenvalue weighted by Crippen LogP contribution is -2.38. The Bertz CT molecular complexity index is 1220. The van der Waals surface area contributed by atoms with Crippen LogP contribution in [-0.4, -0.2) is 39.3 Å². The topological polar surface area (TPSA) is 93.6 Å². The average molecular weight is 447 g/mol. The van der Waals surface area contributed by atoms with Gasteiger partial charge in [-0.2, -0.15) is 4.98 Å². The Morgan fingerprint density at radius 1 is 1.33 bits per heavy atom. The molecule has 1 saturated heterocycles. The number of piperidine rings is 1. The zero-order valence-corrected chi connectivity index (χ0v) is 18.2. The maximum absolute atomic E-state index is 14.3. The first-order chi connectivity index (χ1) is 16.0. The van der Waals surface area contributed by atoms with Gasteiger partial charge in [0.05, 0.1) is 12.3 Å².